The number of alkyl halides is 1. The lowest BCUT2D eigenvalue weighted by molar-refractivity contribution is -0.139. The van der Waals surface area contributed by atoms with Gasteiger partial charge in [-0.25, -0.2) is 0 Å². The Morgan fingerprint density at radius 2 is 2.38 bits per heavy atom. The van der Waals surface area contributed by atoms with E-state index in [1.54, 1.807) is 6.92 Å². The van der Waals surface area contributed by atoms with E-state index in [0.717, 1.165) is 0 Å². The van der Waals surface area contributed by atoms with Gasteiger partial charge in [-0.3, -0.25) is 9.59 Å². The third-order valence-corrected chi connectivity index (χ3v) is 2.71. The van der Waals surface area contributed by atoms with Gasteiger partial charge in [0, 0.05) is 12.6 Å². The van der Waals surface area contributed by atoms with Crippen LogP contribution in [0.25, 0.3) is 0 Å². The SMILES string of the molecule is COC(=O)C(I)CNC(=O)c1cc(C)on1. The number of aryl methyl sites for hydroxylation is 1. The summed E-state index contributed by atoms with van der Waals surface area (Å²) in [6.07, 6.45) is 0. The summed E-state index contributed by atoms with van der Waals surface area (Å²) >= 11 is 1.89. The van der Waals surface area contributed by atoms with Gasteiger partial charge in [0.2, 0.25) is 0 Å². The minimum absolute atomic E-state index is 0.192. The highest BCUT2D eigenvalue weighted by atomic mass is 127. The summed E-state index contributed by atoms with van der Waals surface area (Å²) in [5.41, 5.74) is 0.200. The zero-order chi connectivity index (χ0) is 12.1. The Morgan fingerprint density at radius 3 is 2.88 bits per heavy atom. The summed E-state index contributed by atoms with van der Waals surface area (Å²) in [4.78, 5) is 22.5. The van der Waals surface area contributed by atoms with Crippen molar-refractivity contribution in [2.45, 2.75) is 10.8 Å². The molecule has 0 aliphatic carbocycles. The first-order chi connectivity index (χ1) is 7.54. The summed E-state index contributed by atoms with van der Waals surface area (Å²) in [5, 5.41) is 6.11. The minimum Gasteiger partial charge on any atom is -0.468 e. The molecule has 1 atom stereocenters. The number of aromatic nitrogens is 1. The summed E-state index contributed by atoms with van der Waals surface area (Å²) < 4.78 is 8.86. The van der Waals surface area contributed by atoms with Crippen molar-refractivity contribution in [2.24, 2.45) is 0 Å². The normalized spacial score (nSPS) is 11.9. The molecule has 6 nitrogen and oxygen atoms in total. The van der Waals surface area contributed by atoms with Crippen molar-refractivity contribution in [3.63, 3.8) is 0 Å². The van der Waals surface area contributed by atoms with Crippen LogP contribution >= 0.6 is 22.6 Å². The number of carbonyl (C=O) groups excluding carboxylic acids is 2. The highest BCUT2D eigenvalue weighted by Gasteiger charge is 2.17. The molecule has 88 valence electrons. The van der Waals surface area contributed by atoms with Gasteiger partial charge in [0.15, 0.2) is 5.69 Å². The lowest BCUT2D eigenvalue weighted by Crippen LogP contribution is -2.33. The lowest BCUT2D eigenvalue weighted by Gasteiger charge is -2.07. The van der Waals surface area contributed by atoms with Gasteiger partial charge in [0.05, 0.1) is 7.11 Å². The maximum atomic E-state index is 11.5. The molecule has 1 N–H and O–H groups in total. The molecule has 1 heterocycles. The van der Waals surface area contributed by atoms with Crippen LogP contribution in [0.5, 0.6) is 0 Å². The molecule has 1 aromatic heterocycles. The Morgan fingerprint density at radius 1 is 1.69 bits per heavy atom. The Hall–Kier alpha value is -1.12. The van der Waals surface area contributed by atoms with Crippen LogP contribution in [0.15, 0.2) is 10.6 Å². The van der Waals surface area contributed by atoms with E-state index < -0.39 is 3.92 Å². The number of rotatable bonds is 4. The van der Waals surface area contributed by atoms with E-state index in [2.05, 4.69) is 15.2 Å². The number of halogens is 1. The third kappa shape index (κ3) is 3.47. The van der Waals surface area contributed by atoms with E-state index in [0.29, 0.717) is 5.76 Å². The van der Waals surface area contributed by atoms with Crippen molar-refractivity contribution in [3.8, 4) is 0 Å². The van der Waals surface area contributed by atoms with Gasteiger partial charge in [-0.2, -0.15) is 0 Å². The average Bonchev–Trinajstić information content (AvgIpc) is 2.71. The smallest absolute Gasteiger partial charge is 0.320 e. The number of hydrogen-bond donors (Lipinski definition) is 1. The van der Waals surface area contributed by atoms with Crippen molar-refractivity contribution >= 4 is 34.5 Å². The molecule has 1 amide bonds. The topological polar surface area (TPSA) is 81.4 Å². The van der Waals surface area contributed by atoms with E-state index in [1.807, 2.05) is 22.6 Å². The van der Waals surface area contributed by atoms with Gasteiger partial charge < -0.3 is 14.6 Å². The lowest BCUT2D eigenvalue weighted by atomic mass is 10.3. The fourth-order valence-electron chi connectivity index (χ4n) is 0.957. The van der Waals surface area contributed by atoms with E-state index in [1.165, 1.54) is 13.2 Å². The Labute approximate surface area is 106 Å². The van der Waals surface area contributed by atoms with Gasteiger partial charge in [-0.1, -0.05) is 27.7 Å². The Kier molecular flexibility index (Phi) is 4.71. The number of amides is 1. The van der Waals surface area contributed by atoms with Crippen LogP contribution in [0.3, 0.4) is 0 Å². The molecular weight excluding hydrogens is 327 g/mol. The first-order valence-corrected chi connectivity index (χ1v) is 5.72. The van der Waals surface area contributed by atoms with Crippen molar-refractivity contribution in [2.75, 3.05) is 13.7 Å². The van der Waals surface area contributed by atoms with Crippen molar-refractivity contribution in [3.05, 3.63) is 17.5 Å². The van der Waals surface area contributed by atoms with Crippen LogP contribution in [-0.2, 0) is 9.53 Å². The number of methoxy groups -OCH3 is 1. The summed E-state index contributed by atoms with van der Waals surface area (Å²) in [6.45, 7) is 1.89. The van der Waals surface area contributed by atoms with Crippen LogP contribution in [0.1, 0.15) is 16.2 Å². The second-order valence-corrected chi connectivity index (χ2v) is 4.53. The largest absolute Gasteiger partial charge is 0.468 e. The second-order valence-electron chi connectivity index (χ2n) is 3.02. The fraction of sp³-hybridized carbons (Fsp3) is 0.444. The molecule has 1 aromatic rings. The molecule has 0 saturated carbocycles. The van der Waals surface area contributed by atoms with E-state index in [-0.39, 0.29) is 24.1 Å². The predicted molar refractivity (Wildman–Crippen MR) is 63.4 cm³/mol. The number of ether oxygens (including phenoxy) is 1. The molecule has 0 radical (unpaired) electrons. The molecular formula is C9H11IN2O4. The minimum atomic E-state index is -0.417. The standard InChI is InChI=1S/C9H11IN2O4/c1-5-3-7(12-16-5)8(13)11-4-6(10)9(14)15-2/h3,6H,4H2,1-2H3,(H,11,13). The highest BCUT2D eigenvalue weighted by Crippen LogP contribution is 2.03. The third-order valence-electron chi connectivity index (χ3n) is 1.76. The van der Waals surface area contributed by atoms with E-state index in [4.69, 9.17) is 4.52 Å². The molecule has 0 spiro atoms. The molecule has 0 aliphatic heterocycles. The molecule has 1 rings (SSSR count). The monoisotopic (exact) mass is 338 g/mol. The Balaban J connectivity index is 2.44. The van der Waals surface area contributed by atoms with Crippen molar-refractivity contribution in [1.29, 1.82) is 0 Å². The van der Waals surface area contributed by atoms with E-state index >= 15 is 0 Å². The van der Waals surface area contributed by atoms with Gasteiger partial charge in [-0.05, 0) is 6.92 Å². The van der Waals surface area contributed by atoms with Crippen LogP contribution in [0.2, 0.25) is 0 Å². The number of nitrogens with zero attached hydrogens (tertiary/aromatic N) is 1. The number of nitrogens with one attached hydrogen (secondary N) is 1. The fourth-order valence-corrected chi connectivity index (χ4v) is 1.43. The molecule has 0 bridgehead atoms. The second kappa shape index (κ2) is 5.83. The molecule has 1 unspecified atom stereocenters. The Bertz CT molecular complexity index is 391. The maximum absolute atomic E-state index is 11.5. The van der Waals surface area contributed by atoms with Gasteiger partial charge in [0.25, 0.3) is 5.91 Å². The molecule has 0 saturated heterocycles. The van der Waals surface area contributed by atoms with Gasteiger partial charge >= 0.3 is 5.97 Å². The summed E-state index contributed by atoms with van der Waals surface area (Å²) in [5.74, 6) is -0.191. The number of esters is 1. The number of carbonyl (C=O) groups is 2. The average molecular weight is 338 g/mol. The number of hydrogen-bond acceptors (Lipinski definition) is 5. The molecule has 7 heteroatoms. The van der Waals surface area contributed by atoms with Crippen molar-refractivity contribution < 1.29 is 18.8 Å². The maximum Gasteiger partial charge on any atom is 0.320 e. The van der Waals surface area contributed by atoms with Gasteiger partial charge in [-0.15, -0.1) is 0 Å². The molecule has 0 aliphatic rings. The summed E-state index contributed by atoms with van der Waals surface area (Å²) in [7, 11) is 1.30. The first kappa shape index (κ1) is 12.9. The van der Waals surface area contributed by atoms with Crippen LogP contribution in [0, 0.1) is 6.92 Å². The molecule has 0 aromatic carbocycles. The highest BCUT2D eigenvalue weighted by molar-refractivity contribution is 14.1. The van der Waals surface area contributed by atoms with E-state index in [9.17, 15) is 9.59 Å². The van der Waals surface area contributed by atoms with Gasteiger partial charge in [0.1, 0.15) is 9.68 Å². The van der Waals surface area contributed by atoms with Crippen LogP contribution in [-0.4, -0.2) is 34.6 Å². The first-order valence-electron chi connectivity index (χ1n) is 4.48. The van der Waals surface area contributed by atoms with Crippen LogP contribution in [0.4, 0.5) is 0 Å². The summed E-state index contributed by atoms with van der Waals surface area (Å²) in [6, 6.07) is 1.52. The zero-order valence-electron chi connectivity index (χ0n) is 8.82. The quantitative estimate of drug-likeness (QED) is 0.496. The molecule has 16 heavy (non-hydrogen) atoms. The predicted octanol–water partition coefficient (Wildman–Crippen LogP) is 0.689. The van der Waals surface area contributed by atoms with Crippen molar-refractivity contribution in [1.82, 2.24) is 10.5 Å². The zero-order valence-corrected chi connectivity index (χ0v) is 11.0. The molecule has 0 fully saturated rings. The van der Waals surface area contributed by atoms with Crippen LogP contribution < -0.4 is 5.32 Å².